The molecule has 0 fully saturated rings. The van der Waals surface area contributed by atoms with Crippen molar-refractivity contribution in [2.45, 2.75) is 13.0 Å². The average Bonchev–Trinajstić information content (AvgIpc) is 2.78. The summed E-state index contributed by atoms with van der Waals surface area (Å²) >= 11 is 0. The Balaban J connectivity index is 2.36. The molecule has 1 unspecified atom stereocenters. The number of anilines is 1. The number of nitrogens with one attached hydrogen (secondary N) is 1. The molecular formula is C16H16N4O2. The van der Waals surface area contributed by atoms with Crippen molar-refractivity contribution in [3.63, 3.8) is 0 Å². The van der Waals surface area contributed by atoms with Crippen LogP contribution in [0.2, 0.25) is 0 Å². The third-order valence-corrected chi connectivity index (χ3v) is 3.64. The number of carbonyl (C=O) groups is 1. The molecule has 22 heavy (non-hydrogen) atoms. The highest BCUT2D eigenvalue weighted by atomic mass is 16.4. The summed E-state index contributed by atoms with van der Waals surface area (Å²) in [6, 6.07) is 6.73. The van der Waals surface area contributed by atoms with Crippen LogP contribution in [-0.2, 0) is 11.8 Å². The Bertz CT molecular complexity index is 898. The molecule has 2 N–H and O–H groups in total. The molecule has 3 rings (SSSR count). The van der Waals surface area contributed by atoms with Crippen molar-refractivity contribution in [2.75, 3.05) is 5.32 Å². The Labute approximate surface area is 127 Å². The number of benzene rings is 1. The number of aryl methyl sites for hydroxylation is 2. The van der Waals surface area contributed by atoms with Crippen molar-refractivity contribution in [3.05, 3.63) is 42.6 Å². The Morgan fingerprint density at radius 3 is 2.86 bits per heavy atom. The van der Waals surface area contributed by atoms with Crippen LogP contribution in [0.1, 0.15) is 5.69 Å². The fourth-order valence-electron chi connectivity index (χ4n) is 2.63. The number of fused-ring (bicyclic) bond motifs is 2. The van der Waals surface area contributed by atoms with Gasteiger partial charge in [-0.1, -0.05) is 24.3 Å². The van der Waals surface area contributed by atoms with Crippen molar-refractivity contribution in [1.29, 1.82) is 0 Å². The number of aliphatic carboxylic acids is 1. The van der Waals surface area contributed by atoms with Crippen molar-refractivity contribution < 1.29 is 9.90 Å². The van der Waals surface area contributed by atoms with Crippen LogP contribution in [0.15, 0.2) is 36.9 Å². The molecule has 1 atom stereocenters. The lowest BCUT2D eigenvalue weighted by Crippen LogP contribution is -2.26. The molecule has 0 radical (unpaired) electrons. The summed E-state index contributed by atoms with van der Waals surface area (Å²) in [7, 11) is 1.82. The molecule has 6 heteroatoms. The van der Waals surface area contributed by atoms with Gasteiger partial charge in [0.2, 0.25) is 0 Å². The zero-order valence-corrected chi connectivity index (χ0v) is 12.4. The van der Waals surface area contributed by atoms with Crippen LogP contribution >= 0.6 is 0 Å². The van der Waals surface area contributed by atoms with Crippen LogP contribution in [0.4, 0.5) is 5.69 Å². The van der Waals surface area contributed by atoms with Crippen LogP contribution in [0.3, 0.4) is 0 Å². The third kappa shape index (κ3) is 2.09. The second-order valence-electron chi connectivity index (χ2n) is 5.11. The number of hydrogen-bond acceptors (Lipinski definition) is 4. The zero-order chi connectivity index (χ0) is 15.9. The number of carboxylic acid groups (broad SMARTS) is 1. The highest BCUT2D eigenvalue weighted by Crippen LogP contribution is 2.33. The quantitative estimate of drug-likeness (QED) is 0.723. The molecule has 3 aromatic rings. The molecule has 0 spiro atoms. The van der Waals surface area contributed by atoms with E-state index in [9.17, 15) is 9.90 Å². The van der Waals surface area contributed by atoms with Gasteiger partial charge >= 0.3 is 5.97 Å². The lowest BCUT2D eigenvalue weighted by molar-refractivity contribution is -0.136. The van der Waals surface area contributed by atoms with Crippen LogP contribution in [0.25, 0.3) is 21.9 Å². The van der Waals surface area contributed by atoms with Crippen molar-refractivity contribution in [3.8, 4) is 0 Å². The summed E-state index contributed by atoms with van der Waals surface area (Å²) in [6.07, 6.45) is 1.37. The predicted octanol–water partition coefficient (Wildman–Crippen LogP) is 2.48. The fourth-order valence-corrected chi connectivity index (χ4v) is 2.63. The van der Waals surface area contributed by atoms with Gasteiger partial charge in [0.15, 0.2) is 5.65 Å². The number of aromatic nitrogens is 3. The highest BCUT2D eigenvalue weighted by Gasteiger charge is 2.20. The molecule has 0 aliphatic rings. The smallest absolute Gasteiger partial charge is 0.330 e. The van der Waals surface area contributed by atoms with E-state index >= 15 is 0 Å². The van der Waals surface area contributed by atoms with E-state index in [4.69, 9.17) is 0 Å². The molecular weight excluding hydrogens is 280 g/mol. The standard InChI is InChI=1S/C16H16N4O2/c1-4-11(16(21)22)17-14-10-7-5-6-8-12(10)18-15-13(14)9(2)19-20(15)3/h4-8,11H,1H2,2-3H3,(H,17,18)(H,21,22). The maximum absolute atomic E-state index is 11.3. The topological polar surface area (TPSA) is 80.0 Å². The van der Waals surface area contributed by atoms with Gasteiger partial charge in [-0.25, -0.2) is 9.78 Å². The first kappa shape index (κ1) is 14.1. The number of pyridine rings is 1. The first-order chi connectivity index (χ1) is 10.5. The molecule has 0 aliphatic carbocycles. The summed E-state index contributed by atoms with van der Waals surface area (Å²) in [4.78, 5) is 16.0. The Hall–Kier alpha value is -2.89. The minimum Gasteiger partial charge on any atom is -0.479 e. The molecule has 0 amide bonds. The van der Waals surface area contributed by atoms with Crippen LogP contribution in [0, 0.1) is 6.92 Å². The number of para-hydroxylation sites is 1. The number of rotatable bonds is 4. The lowest BCUT2D eigenvalue weighted by Gasteiger charge is -2.15. The summed E-state index contributed by atoms with van der Waals surface area (Å²) in [5, 5.41) is 18.4. The predicted molar refractivity (Wildman–Crippen MR) is 86.0 cm³/mol. The van der Waals surface area contributed by atoms with E-state index in [1.807, 2.05) is 38.2 Å². The molecule has 2 aromatic heterocycles. The van der Waals surface area contributed by atoms with Crippen LogP contribution in [-0.4, -0.2) is 31.9 Å². The van der Waals surface area contributed by atoms with E-state index in [1.165, 1.54) is 6.08 Å². The Morgan fingerprint density at radius 1 is 1.45 bits per heavy atom. The van der Waals surface area contributed by atoms with Crippen molar-refractivity contribution >= 4 is 33.6 Å². The molecule has 0 aliphatic heterocycles. The lowest BCUT2D eigenvalue weighted by atomic mass is 10.1. The van der Waals surface area contributed by atoms with E-state index < -0.39 is 12.0 Å². The molecule has 2 heterocycles. The highest BCUT2D eigenvalue weighted by molar-refractivity contribution is 6.08. The average molecular weight is 296 g/mol. The third-order valence-electron chi connectivity index (χ3n) is 3.64. The monoisotopic (exact) mass is 296 g/mol. The molecule has 6 nitrogen and oxygen atoms in total. The van der Waals surface area contributed by atoms with Crippen molar-refractivity contribution in [1.82, 2.24) is 14.8 Å². The number of nitrogens with zero attached hydrogens (tertiary/aromatic N) is 3. The van der Waals surface area contributed by atoms with Gasteiger partial charge in [-0.3, -0.25) is 4.68 Å². The molecule has 0 saturated carbocycles. The largest absolute Gasteiger partial charge is 0.479 e. The van der Waals surface area contributed by atoms with E-state index in [1.54, 1.807) is 4.68 Å². The van der Waals surface area contributed by atoms with Crippen LogP contribution < -0.4 is 5.32 Å². The van der Waals surface area contributed by atoms with Gasteiger partial charge in [-0.15, -0.1) is 6.58 Å². The molecule has 1 aromatic carbocycles. The van der Waals surface area contributed by atoms with Gasteiger partial charge in [0, 0.05) is 12.4 Å². The molecule has 0 bridgehead atoms. The summed E-state index contributed by atoms with van der Waals surface area (Å²) < 4.78 is 1.70. The van der Waals surface area contributed by atoms with Crippen LogP contribution in [0.5, 0.6) is 0 Å². The second kappa shape index (κ2) is 5.14. The van der Waals surface area contributed by atoms with E-state index in [0.29, 0.717) is 5.65 Å². The zero-order valence-electron chi connectivity index (χ0n) is 12.4. The van der Waals surface area contributed by atoms with Gasteiger partial charge in [-0.2, -0.15) is 5.10 Å². The van der Waals surface area contributed by atoms with E-state index in [0.717, 1.165) is 27.7 Å². The van der Waals surface area contributed by atoms with E-state index in [2.05, 4.69) is 22.0 Å². The second-order valence-corrected chi connectivity index (χ2v) is 5.11. The summed E-state index contributed by atoms with van der Waals surface area (Å²) in [6.45, 7) is 5.47. The SMILES string of the molecule is C=CC(Nc1c2ccccc2nc2c1c(C)nn2C)C(=O)O. The summed E-state index contributed by atoms with van der Waals surface area (Å²) in [5.41, 5.74) is 3.02. The Morgan fingerprint density at radius 2 is 2.18 bits per heavy atom. The normalized spacial score (nSPS) is 12.5. The van der Waals surface area contributed by atoms with Gasteiger partial charge in [0.1, 0.15) is 6.04 Å². The maximum atomic E-state index is 11.3. The van der Waals surface area contributed by atoms with E-state index in [-0.39, 0.29) is 0 Å². The van der Waals surface area contributed by atoms with Gasteiger partial charge in [0.05, 0.1) is 22.3 Å². The number of carboxylic acids is 1. The first-order valence-electron chi connectivity index (χ1n) is 6.87. The Kier molecular flexibility index (Phi) is 3.29. The number of hydrogen-bond donors (Lipinski definition) is 2. The fraction of sp³-hybridized carbons (Fsp3) is 0.188. The van der Waals surface area contributed by atoms with Gasteiger partial charge in [-0.05, 0) is 13.0 Å². The minimum absolute atomic E-state index is 0.715. The van der Waals surface area contributed by atoms with Gasteiger partial charge in [0.25, 0.3) is 0 Å². The minimum atomic E-state index is -0.981. The maximum Gasteiger partial charge on any atom is 0.330 e. The van der Waals surface area contributed by atoms with Gasteiger partial charge < -0.3 is 10.4 Å². The first-order valence-corrected chi connectivity index (χ1v) is 6.87. The molecule has 112 valence electrons. The van der Waals surface area contributed by atoms with Crippen molar-refractivity contribution in [2.24, 2.45) is 7.05 Å². The molecule has 0 saturated heterocycles. The summed E-state index contributed by atoms with van der Waals surface area (Å²) in [5.74, 6) is -0.981.